The van der Waals surface area contributed by atoms with E-state index in [1.165, 1.54) is 18.2 Å². The Labute approximate surface area is 191 Å². The van der Waals surface area contributed by atoms with Crippen LogP contribution < -0.4 is 10.2 Å². The molecule has 5 heteroatoms. The van der Waals surface area contributed by atoms with E-state index >= 15 is 0 Å². The Bertz CT molecular complexity index is 1360. The van der Waals surface area contributed by atoms with Crippen molar-refractivity contribution in [1.82, 2.24) is 0 Å². The molecule has 1 heterocycles. The number of benzene rings is 3. The van der Waals surface area contributed by atoms with Gasteiger partial charge in [-0.3, -0.25) is 4.79 Å². The molecule has 0 bridgehead atoms. The van der Waals surface area contributed by atoms with Crippen LogP contribution in [0.2, 0.25) is 0 Å². The van der Waals surface area contributed by atoms with Crippen LogP contribution in [0.15, 0.2) is 82.0 Å². The zero-order valence-corrected chi connectivity index (χ0v) is 18.0. The van der Waals surface area contributed by atoms with Crippen molar-refractivity contribution < 1.29 is 13.5 Å². The van der Waals surface area contributed by atoms with Crippen molar-refractivity contribution in [3.8, 4) is 11.8 Å². The Kier molecular flexibility index (Phi) is 6.96. The van der Waals surface area contributed by atoms with Gasteiger partial charge in [0.15, 0.2) is 5.43 Å². The molecule has 0 saturated carbocycles. The Morgan fingerprint density at radius 2 is 1.76 bits per heavy atom. The predicted octanol–water partition coefficient (Wildman–Crippen LogP) is 6.38. The van der Waals surface area contributed by atoms with Crippen molar-refractivity contribution >= 4 is 23.1 Å². The highest BCUT2D eigenvalue weighted by Crippen LogP contribution is 2.21. The molecule has 0 N–H and O–H groups in total. The quantitative estimate of drug-likeness (QED) is 0.236. The number of para-hydroxylation sites is 1. The fourth-order valence-corrected chi connectivity index (χ4v) is 3.52. The van der Waals surface area contributed by atoms with Crippen LogP contribution in [0.5, 0.6) is 5.75 Å². The zero-order valence-electron chi connectivity index (χ0n) is 18.0. The molecule has 1 aromatic heterocycles. The van der Waals surface area contributed by atoms with Crippen LogP contribution in [0, 0.1) is 17.1 Å². The highest BCUT2D eigenvalue weighted by atomic mass is 19.1. The van der Waals surface area contributed by atoms with E-state index in [9.17, 15) is 9.18 Å². The molecule has 0 amide bonds. The van der Waals surface area contributed by atoms with E-state index in [0.717, 1.165) is 41.7 Å². The predicted molar refractivity (Wildman–Crippen MR) is 127 cm³/mol. The summed E-state index contributed by atoms with van der Waals surface area (Å²) < 4.78 is 24.3. The fraction of sp³-hybridized carbons (Fsp3) is 0.143. The van der Waals surface area contributed by atoms with Crippen LogP contribution in [0.25, 0.3) is 23.1 Å². The van der Waals surface area contributed by atoms with Crippen molar-refractivity contribution in [2.45, 2.75) is 19.3 Å². The third kappa shape index (κ3) is 5.75. The van der Waals surface area contributed by atoms with Crippen LogP contribution >= 0.6 is 0 Å². The lowest BCUT2D eigenvalue weighted by atomic mass is 10.1. The summed E-state index contributed by atoms with van der Waals surface area (Å²) in [6.07, 6.45) is 6.56. The van der Waals surface area contributed by atoms with Crippen molar-refractivity contribution in [2.24, 2.45) is 0 Å². The van der Waals surface area contributed by atoms with Gasteiger partial charge < -0.3 is 9.15 Å². The largest absolute Gasteiger partial charge is 0.494 e. The number of nitrogens with zero attached hydrogens (tertiary/aromatic N) is 1. The molecular formula is C28H22FNO3. The number of hydrogen-bond donors (Lipinski definition) is 0. The van der Waals surface area contributed by atoms with Crippen molar-refractivity contribution in [2.75, 3.05) is 6.61 Å². The minimum atomic E-state index is -0.234. The van der Waals surface area contributed by atoms with E-state index in [4.69, 9.17) is 14.4 Å². The molecule has 164 valence electrons. The van der Waals surface area contributed by atoms with Gasteiger partial charge in [-0.05, 0) is 60.7 Å². The Morgan fingerprint density at radius 3 is 2.52 bits per heavy atom. The van der Waals surface area contributed by atoms with E-state index in [1.54, 1.807) is 12.1 Å². The van der Waals surface area contributed by atoms with E-state index in [2.05, 4.69) is 0 Å². The summed E-state index contributed by atoms with van der Waals surface area (Å²) in [7, 11) is 0. The van der Waals surface area contributed by atoms with Crippen molar-refractivity contribution in [1.29, 1.82) is 5.26 Å². The van der Waals surface area contributed by atoms with Gasteiger partial charge in [0.05, 0.1) is 12.0 Å². The molecule has 0 atom stereocenters. The summed E-state index contributed by atoms with van der Waals surface area (Å²) in [5, 5.41) is 9.52. The van der Waals surface area contributed by atoms with Gasteiger partial charge in [0.1, 0.15) is 23.2 Å². The van der Waals surface area contributed by atoms with Gasteiger partial charge in [0, 0.05) is 11.6 Å². The van der Waals surface area contributed by atoms with Gasteiger partial charge in [0.2, 0.25) is 5.76 Å². The standard InChI is InChI=1S/C28H22FNO3/c29-23-13-8-20(9-14-23)4-1-2-17-32-24-15-10-21(11-16-24)7-12-22-5-3-6-26-27(31)18-25(19-30)33-28(22)26/h3,5-16,18H,1-2,4,17H2. The summed E-state index contributed by atoms with van der Waals surface area (Å²) in [5.41, 5.74) is 2.99. The summed E-state index contributed by atoms with van der Waals surface area (Å²) in [6, 6.07) is 22.7. The molecule has 0 aliphatic heterocycles. The molecule has 0 fully saturated rings. The Balaban J connectivity index is 1.33. The lowest BCUT2D eigenvalue weighted by Crippen LogP contribution is -2.01. The van der Waals surface area contributed by atoms with Crippen LogP contribution in [-0.2, 0) is 6.42 Å². The van der Waals surface area contributed by atoms with Crippen molar-refractivity contribution in [3.63, 3.8) is 0 Å². The molecule has 0 unspecified atom stereocenters. The van der Waals surface area contributed by atoms with Gasteiger partial charge in [-0.2, -0.15) is 5.26 Å². The Hall–Kier alpha value is -4.17. The van der Waals surface area contributed by atoms with Gasteiger partial charge in [-0.15, -0.1) is 0 Å². The highest BCUT2D eigenvalue weighted by Gasteiger charge is 2.07. The molecule has 0 radical (unpaired) electrons. The zero-order chi connectivity index (χ0) is 23.0. The van der Waals surface area contributed by atoms with E-state index in [-0.39, 0.29) is 17.0 Å². The first-order valence-corrected chi connectivity index (χ1v) is 10.7. The van der Waals surface area contributed by atoms with Crippen LogP contribution in [0.3, 0.4) is 0 Å². The number of rotatable bonds is 8. The first-order valence-electron chi connectivity index (χ1n) is 10.7. The summed E-state index contributed by atoms with van der Waals surface area (Å²) in [5.74, 6) is 0.577. The molecule has 3 aromatic carbocycles. The molecule has 4 aromatic rings. The second kappa shape index (κ2) is 10.4. The lowest BCUT2D eigenvalue weighted by Gasteiger charge is -2.07. The van der Waals surface area contributed by atoms with E-state index in [0.29, 0.717) is 17.6 Å². The van der Waals surface area contributed by atoms with Gasteiger partial charge in [-0.1, -0.05) is 48.6 Å². The second-order valence-corrected chi connectivity index (χ2v) is 7.65. The van der Waals surface area contributed by atoms with E-state index in [1.807, 2.05) is 60.7 Å². The molecule has 0 saturated heterocycles. The number of unbranched alkanes of at least 4 members (excludes halogenated alkanes) is 1. The number of ether oxygens (including phenoxy) is 1. The van der Waals surface area contributed by atoms with Crippen molar-refractivity contribution in [3.05, 3.63) is 111 Å². The maximum absolute atomic E-state index is 12.9. The van der Waals surface area contributed by atoms with Crippen LogP contribution in [0.4, 0.5) is 4.39 Å². The fourth-order valence-electron chi connectivity index (χ4n) is 3.52. The lowest BCUT2D eigenvalue weighted by molar-refractivity contribution is 0.307. The van der Waals surface area contributed by atoms with Gasteiger partial charge >= 0.3 is 0 Å². The normalized spacial score (nSPS) is 11.0. The SMILES string of the molecule is N#Cc1cc(=O)c2cccc(C=Cc3ccc(OCCCCc4ccc(F)cc4)cc3)c2o1. The maximum atomic E-state index is 12.9. The molecule has 33 heavy (non-hydrogen) atoms. The maximum Gasteiger partial charge on any atom is 0.208 e. The third-order valence-electron chi connectivity index (χ3n) is 5.27. The van der Waals surface area contributed by atoms with E-state index < -0.39 is 0 Å². The minimum absolute atomic E-state index is 0.00693. The second-order valence-electron chi connectivity index (χ2n) is 7.65. The monoisotopic (exact) mass is 439 g/mol. The Morgan fingerprint density at radius 1 is 0.970 bits per heavy atom. The first-order chi connectivity index (χ1) is 16.1. The van der Waals surface area contributed by atoms with Crippen LogP contribution in [-0.4, -0.2) is 6.61 Å². The molecule has 0 aliphatic carbocycles. The van der Waals surface area contributed by atoms with Gasteiger partial charge in [0.25, 0.3) is 0 Å². The minimum Gasteiger partial charge on any atom is -0.494 e. The summed E-state index contributed by atoms with van der Waals surface area (Å²) >= 11 is 0. The van der Waals surface area contributed by atoms with Gasteiger partial charge in [-0.25, -0.2) is 4.39 Å². The smallest absolute Gasteiger partial charge is 0.208 e. The highest BCUT2D eigenvalue weighted by molar-refractivity contribution is 5.88. The first kappa shape index (κ1) is 22.0. The molecular weight excluding hydrogens is 417 g/mol. The number of fused-ring (bicyclic) bond motifs is 1. The average Bonchev–Trinajstić information content (AvgIpc) is 2.84. The number of halogens is 1. The molecule has 4 rings (SSSR count). The summed E-state index contributed by atoms with van der Waals surface area (Å²) in [6.45, 7) is 0.618. The van der Waals surface area contributed by atoms with Crippen LogP contribution in [0.1, 0.15) is 35.3 Å². The number of hydrogen-bond acceptors (Lipinski definition) is 4. The average molecular weight is 439 g/mol. The molecule has 4 nitrogen and oxygen atoms in total. The molecule has 0 spiro atoms. The summed E-state index contributed by atoms with van der Waals surface area (Å²) in [4.78, 5) is 12.2. The molecule has 0 aliphatic rings. The number of nitriles is 1. The third-order valence-corrected chi connectivity index (χ3v) is 5.27. The number of aryl methyl sites for hydroxylation is 1. The topological polar surface area (TPSA) is 63.2 Å².